The number of amides is 2. The number of alkyl halides is 3. The number of anilines is 1. The predicted octanol–water partition coefficient (Wildman–Crippen LogP) is 3.05. The largest absolute Gasteiger partial charge is 0.471 e. The molecule has 1 unspecified atom stereocenters. The molecule has 10 heteroatoms. The van der Waals surface area contributed by atoms with E-state index in [1.807, 2.05) is 6.92 Å². The maximum absolute atomic E-state index is 12.4. The summed E-state index contributed by atoms with van der Waals surface area (Å²) in [5.74, 6) is -2.31. The lowest BCUT2D eigenvalue weighted by Gasteiger charge is -2.11. The van der Waals surface area contributed by atoms with Gasteiger partial charge in [-0.1, -0.05) is 25.1 Å². The smallest absolute Gasteiger partial charge is 0.352 e. The van der Waals surface area contributed by atoms with Gasteiger partial charge in [-0.15, -0.1) is 0 Å². The number of carbonyl (C=O) groups is 2. The maximum Gasteiger partial charge on any atom is 0.471 e. The third-order valence-electron chi connectivity index (χ3n) is 3.80. The number of nitrogens with one attached hydrogen (secondary N) is 2. The Labute approximate surface area is 153 Å². The molecule has 1 aromatic carbocycles. The van der Waals surface area contributed by atoms with Crippen molar-refractivity contribution < 1.29 is 27.3 Å². The zero-order valence-corrected chi connectivity index (χ0v) is 14.8. The zero-order valence-electron chi connectivity index (χ0n) is 14.8. The van der Waals surface area contributed by atoms with Gasteiger partial charge in [-0.05, 0) is 24.6 Å². The van der Waals surface area contributed by atoms with Crippen LogP contribution in [0.15, 0.2) is 28.8 Å². The summed E-state index contributed by atoms with van der Waals surface area (Å²) in [6, 6.07) is 6.36. The molecule has 1 heterocycles. The van der Waals surface area contributed by atoms with Crippen LogP contribution in [0.25, 0.3) is 0 Å². The Bertz CT molecular complexity index is 805. The third kappa shape index (κ3) is 5.80. The highest BCUT2D eigenvalue weighted by molar-refractivity contribution is 5.97. The molecule has 0 radical (unpaired) electrons. The van der Waals surface area contributed by atoms with Gasteiger partial charge in [0.1, 0.15) is 0 Å². The van der Waals surface area contributed by atoms with Crippen molar-refractivity contribution in [2.45, 2.75) is 32.9 Å². The number of hydrogen-bond acceptors (Lipinski definition) is 5. The summed E-state index contributed by atoms with van der Waals surface area (Å²) < 4.78 is 41.2. The van der Waals surface area contributed by atoms with Crippen LogP contribution >= 0.6 is 0 Å². The molecule has 0 spiro atoms. The van der Waals surface area contributed by atoms with Gasteiger partial charge in [-0.3, -0.25) is 9.59 Å². The molecular weight excluding hydrogens is 365 g/mol. The van der Waals surface area contributed by atoms with Crippen LogP contribution in [-0.2, 0) is 17.4 Å². The second kappa shape index (κ2) is 8.65. The molecule has 0 saturated heterocycles. The third-order valence-corrected chi connectivity index (χ3v) is 3.80. The monoisotopic (exact) mass is 384 g/mol. The van der Waals surface area contributed by atoms with Gasteiger partial charge in [0.25, 0.3) is 5.91 Å². The van der Waals surface area contributed by atoms with Crippen molar-refractivity contribution in [3.8, 4) is 0 Å². The SMILES string of the molecule is CCC(C)C(=O)Nc1cccc(C(=O)NCCc2noc(C(F)(F)F)n2)c1. The molecule has 146 valence electrons. The summed E-state index contributed by atoms with van der Waals surface area (Å²) in [5, 5.41) is 8.50. The molecule has 27 heavy (non-hydrogen) atoms. The van der Waals surface area contributed by atoms with Gasteiger partial charge in [-0.25, -0.2) is 0 Å². The Morgan fingerprint density at radius 1 is 1.30 bits per heavy atom. The van der Waals surface area contributed by atoms with Crippen LogP contribution in [0.2, 0.25) is 0 Å². The molecule has 2 N–H and O–H groups in total. The van der Waals surface area contributed by atoms with Gasteiger partial charge in [0.2, 0.25) is 5.91 Å². The summed E-state index contributed by atoms with van der Waals surface area (Å²) in [4.78, 5) is 27.3. The summed E-state index contributed by atoms with van der Waals surface area (Å²) in [5.41, 5.74) is 0.794. The summed E-state index contributed by atoms with van der Waals surface area (Å²) in [6.45, 7) is 3.72. The highest BCUT2D eigenvalue weighted by Gasteiger charge is 2.38. The van der Waals surface area contributed by atoms with Gasteiger partial charge in [-0.2, -0.15) is 18.2 Å². The van der Waals surface area contributed by atoms with Crippen LogP contribution in [0.5, 0.6) is 0 Å². The Kier molecular flexibility index (Phi) is 6.54. The topological polar surface area (TPSA) is 97.1 Å². The molecular formula is C17H19F3N4O3. The summed E-state index contributed by atoms with van der Waals surface area (Å²) in [7, 11) is 0. The number of carbonyl (C=O) groups excluding carboxylic acids is 2. The molecule has 2 amide bonds. The van der Waals surface area contributed by atoms with E-state index in [0.29, 0.717) is 17.7 Å². The van der Waals surface area contributed by atoms with Crippen LogP contribution in [0.1, 0.15) is 42.3 Å². The molecule has 7 nitrogen and oxygen atoms in total. The highest BCUT2D eigenvalue weighted by Crippen LogP contribution is 2.27. The molecule has 0 fully saturated rings. The van der Waals surface area contributed by atoms with E-state index in [9.17, 15) is 22.8 Å². The minimum absolute atomic E-state index is 0.0181. The Morgan fingerprint density at radius 3 is 2.67 bits per heavy atom. The molecule has 0 aliphatic heterocycles. The van der Waals surface area contributed by atoms with E-state index in [4.69, 9.17) is 0 Å². The Hall–Kier alpha value is -2.91. The number of halogens is 3. The number of aromatic nitrogens is 2. The lowest BCUT2D eigenvalue weighted by Crippen LogP contribution is -2.26. The van der Waals surface area contributed by atoms with Crippen LogP contribution < -0.4 is 10.6 Å². The predicted molar refractivity (Wildman–Crippen MR) is 89.9 cm³/mol. The molecule has 0 aliphatic rings. The highest BCUT2D eigenvalue weighted by atomic mass is 19.4. The number of hydrogen-bond donors (Lipinski definition) is 2. The molecule has 2 rings (SSSR count). The van der Waals surface area contributed by atoms with Crippen molar-refractivity contribution in [2.24, 2.45) is 5.92 Å². The summed E-state index contributed by atoms with van der Waals surface area (Å²) >= 11 is 0. The average molecular weight is 384 g/mol. The van der Waals surface area contributed by atoms with Crippen molar-refractivity contribution >= 4 is 17.5 Å². The lowest BCUT2D eigenvalue weighted by atomic mass is 10.1. The van der Waals surface area contributed by atoms with E-state index in [0.717, 1.165) is 0 Å². The van der Waals surface area contributed by atoms with Gasteiger partial charge in [0.05, 0.1) is 0 Å². The first kappa shape index (κ1) is 20.4. The molecule has 2 aromatic rings. The molecule has 1 aromatic heterocycles. The van der Waals surface area contributed by atoms with Gasteiger partial charge in [0.15, 0.2) is 5.82 Å². The first-order valence-corrected chi connectivity index (χ1v) is 8.29. The fourth-order valence-electron chi connectivity index (χ4n) is 2.05. The van der Waals surface area contributed by atoms with E-state index in [1.54, 1.807) is 25.1 Å². The van der Waals surface area contributed by atoms with E-state index in [2.05, 4.69) is 25.3 Å². The number of rotatable bonds is 7. The van der Waals surface area contributed by atoms with Crippen LogP contribution in [-0.4, -0.2) is 28.5 Å². The molecule has 1 atom stereocenters. The zero-order chi connectivity index (χ0) is 20.0. The van der Waals surface area contributed by atoms with Gasteiger partial charge < -0.3 is 15.2 Å². The lowest BCUT2D eigenvalue weighted by molar-refractivity contribution is -0.159. The van der Waals surface area contributed by atoms with Crippen LogP contribution in [0.3, 0.4) is 0 Å². The van der Waals surface area contributed by atoms with E-state index in [-0.39, 0.29) is 30.6 Å². The minimum atomic E-state index is -4.70. The molecule has 0 bridgehead atoms. The standard InChI is InChI=1S/C17H19F3N4O3/c1-3-10(2)14(25)22-12-6-4-5-11(9-12)15(26)21-8-7-13-23-16(27-24-13)17(18,19)20/h4-6,9-10H,3,7-8H2,1-2H3,(H,21,26)(H,22,25). The van der Waals surface area contributed by atoms with Crippen LogP contribution in [0.4, 0.5) is 18.9 Å². The summed E-state index contributed by atoms with van der Waals surface area (Å²) in [6.07, 6.45) is -4.03. The Morgan fingerprint density at radius 2 is 2.04 bits per heavy atom. The minimum Gasteiger partial charge on any atom is -0.352 e. The normalized spacial score (nSPS) is 12.5. The van der Waals surface area contributed by atoms with E-state index >= 15 is 0 Å². The fourth-order valence-corrected chi connectivity index (χ4v) is 2.05. The van der Waals surface area contributed by atoms with Crippen molar-refractivity contribution in [1.82, 2.24) is 15.5 Å². The second-order valence-corrected chi connectivity index (χ2v) is 5.90. The first-order chi connectivity index (χ1) is 12.7. The quantitative estimate of drug-likeness (QED) is 0.765. The Balaban J connectivity index is 1.90. The van der Waals surface area contributed by atoms with E-state index in [1.165, 1.54) is 6.07 Å². The van der Waals surface area contributed by atoms with Crippen molar-refractivity contribution in [3.05, 3.63) is 41.5 Å². The maximum atomic E-state index is 12.4. The van der Waals surface area contributed by atoms with Crippen molar-refractivity contribution in [1.29, 1.82) is 0 Å². The fraction of sp³-hybridized carbons (Fsp3) is 0.412. The molecule has 0 saturated carbocycles. The second-order valence-electron chi connectivity index (χ2n) is 5.90. The molecule has 0 aliphatic carbocycles. The number of benzene rings is 1. The van der Waals surface area contributed by atoms with Crippen LogP contribution in [0, 0.1) is 5.92 Å². The number of nitrogens with zero attached hydrogens (tertiary/aromatic N) is 2. The van der Waals surface area contributed by atoms with E-state index < -0.39 is 18.0 Å². The first-order valence-electron chi connectivity index (χ1n) is 8.29. The van der Waals surface area contributed by atoms with Gasteiger partial charge >= 0.3 is 12.1 Å². The van der Waals surface area contributed by atoms with Crippen molar-refractivity contribution in [2.75, 3.05) is 11.9 Å². The van der Waals surface area contributed by atoms with Crippen molar-refractivity contribution in [3.63, 3.8) is 0 Å². The average Bonchev–Trinajstić information content (AvgIpc) is 3.10. The van der Waals surface area contributed by atoms with Gasteiger partial charge in [0, 0.05) is 30.1 Å².